The fourth-order valence-electron chi connectivity index (χ4n) is 1.67. The predicted octanol–water partition coefficient (Wildman–Crippen LogP) is 1.08. The summed E-state index contributed by atoms with van der Waals surface area (Å²) in [7, 11) is 0. The van der Waals surface area contributed by atoms with Crippen LogP contribution in [-0.4, -0.2) is 30.1 Å². The minimum absolute atomic E-state index is 0.0782. The van der Waals surface area contributed by atoms with Gasteiger partial charge in [0.15, 0.2) is 0 Å². The molecular formula is C15H20N2O3. The maximum absolute atomic E-state index is 11.7. The Hall–Kier alpha value is -2.14. The molecule has 1 aromatic rings. The van der Waals surface area contributed by atoms with Gasteiger partial charge < -0.3 is 16.2 Å². The van der Waals surface area contributed by atoms with Crippen molar-refractivity contribution >= 4 is 17.9 Å². The Bertz CT molecular complexity index is 484. The first kappa shape index (κ1) is 15.9. The van der Waals surface area contributed by atoms with Crippen LogP contribution in [0.3, 0.4) is 0 Å². The number of aliphatic hydroxyl groups excluding tert-OH is 1. The van der Waals surface area contributed by atoms with E-state index in [0.29, 0.717) is 12.0 Å². The van der Waals surface area contributed by atoms with Crippen LogP contribution in [-0.2, 0) is 4.79 Å². The van der Waals surface area contributed by atoms with Gasteiger partial charge >= 0.3 is 0 Å². The van der Waals surface area contributed by atoms with Gasteiger partial charge in [-0.3, -0.25) is 9.59 Å². The van der Waals surface area contributed by atoms with Gasteiger partial charge in [0.25, 0.3) is 5.91 Å². The summed E-state index contributed by atoms with van der Waals surface area (Å²) in [6, 6.07) is 7.19. The van der Waals surface area contributed by atoms with Crippen LogP contribution in [0.4, 0.5) is 0 Å². The summed E-state index contributed by atoms with van der Waals surface area (Å²) in [6.07, 6.45) is 5.73. The van der Waals surface area contributed by atoms with Gasteiger partial charge in [-0.2, -0.15) is 0 Å². The van der Waals surface area contributed by atoms with Crippen molar-refractivity contribution in [2.45, 2.75) is 19.3 Å². The van der Waals surface area contributed by atoms with Gasteiger partial charge in [-0.25, -0.2) is 0 Å². The normalized spacial score (nSPS) is 10.7. The van der Waals surface area contributed by atoms with Gasteiger partial charge in [0.05, 0.1) is 6.61 Å². The fourth-order valence-corrected chi connectivity index (χ4v) is 1.67. The summed E-state index contributed by atoms with van der Waals surface area (Å²) in [6.45, 7) is 0.164. The van der Waals surface area contributed by atoms with Crippen LogP contribution >= 0.6 is 0 Å². The largest absolute Gasteiger partial charge is 0.395 e. The van der Waals surface area contributed by atoms with Gasteiger partial charge in [-0.1, -0.05) is 24.3 Å². The van der Waals surface area contributed by atoms with Crippen LogP contribution in [0.5, 0.6) is 0 Å². The molecule has 0 fully saturated rings. The van der Waals surface area contributed by atoms with E-state index in [1.54, 1.807) is 18.2 Å². The van der Waals surface area contributed by atoms with Crippen LogP contribution in [0.2, 0.25) is 0 Å². The summed E-state index contributed by atoms with van der Waals surface area (Å²) >= 11 is 0. The number of aliphatic hydroxyl groups is 1. The molecule has 0 saturated carbocycles. The summed E-state index contributed by atoms with van der Waals surface area (Å²) in [5, 5.41) is 11.3. The second-order valence-electron chi connectivity index (χ2n) is 4.37. The molecule has 0 aliphatic carbocycles. The van der Waals surface area contributed by atoms with Crippen molar-refractivity contribution in [3.05, 3.63) is 41.5 Å². The lowest BCUT2D eigenvalue weighted by atomic mass is 10.1. The molecule has 5 heteroatoms. The third-order valence-electron chi connectivity index (χ3n) is 2.65. The monoisotopic (exact) mass is 276 g/mol. The highest BCUT2D eigenvalue weighted by Crippen LogP contribution is 2.08. The molecule has 0 aromatic heterocycles. The van der Waals surface area contributed by atoms with E-state index in [9.17, 15) is 9.59 Å². The lowest BCUT2D eigenvalue weighted by molar-refractivity contribution is -0.118. The highest BCUT2D eigenvalue weighted by Gasteiger charge is 2.03. The maximum atomic E-state index is 11.7. The molecule has 0 aliphatic rings. The van der Waals surface area contributed by atoms with Crippen LogP contribution in [0.1, 0.15) is 35.2 Å². The Morgan fingerprint density at radius 1 is 1.35 bits per heavy atom. The first-order valence-electron chi connectivity index (χ1n) is 6.57. The number of primary amides is 1. The molecular weight excluding hydrogens is 256 g/mol. The van der Waals surface area contributed by atoms with E-state index in [4.69, 9.17) is 10.8 Å². The Morgan fingerprint density at radius 3 is 2.85 bits per heavy atom. The molecule has 0 radical (unpaired) electrons. The molecule has 0 saturated heterocycles. The Balaban J connectivity index is 2.52. The standard InChI is InChI=1S/C15H20N2O3/c16-14(19)8-3-1-2-5-12-6-4-7-13(11-12)15(20)17-9-10-18/h2,4-7,11,18H,1,3,8-10H2,(H2,16,19)(H,17,20)/b5-2-. The van der Waals surface area contributed by atoms with E-state index >= 15 is 0 Å². The lowest BCUT2D eigenvalue weighted by Gasteiger charge is -2.03. The molecule has 108 valence electrons. The topological polar surface area (TPSA) is 92.4 Å². The van der Waals surface area contributed by atoms with E-state index in [2.05, 4.69) is 5.32 Å². The summed E-state index contributed by atoms with van der Waals surface area (Å²) in [4.78, 5) is 22.3. The highest BCUT2D eigenvalue weighted by atomic mass is 16.3. The van der Waals surface area contributed by atoms with Crippen molar-refractivity contribution in [2.75, 3.05) is 13.2 Å². The molecule has 20 heavy (non-hydrogen) atoms. The van der Waals surface area contributed by atoms with E-state index in [1.807, 2.05) is 18.2 Å². The van der Waals surface area contributed by atoms with E-state index < -0.39 is 0 Å². The molecule has 0 spiro atoms. The first-order valence-corrected chi connectivity index (χ1v) is 6.57. The molecule has 2 amide bonds. The van der Waals surface area contributed by atoms with E-state index in [-0.39, 0.29) is 25.0 Å². The number of nitrogens with one attached hydrogen (secondary N) is 1. The van der Waals surface area contributed by atoms with Gasteiger partial charge in [-0.05, 0) is 30.5 Å². The third-order valence-corrected chi connectivity index (χ3v) is 2.65. The molecule has 1 aromatic carbocycles. The van der Waals surface area contributed by atoms with Crippen molar-refractivity contribution in [1.82, 2.24) is 5.32 Å². The second kappa shape index (κ2) is 8.87. The Kier molecular flexibility index (Phi) is 7.06. The Labute approximate surface area is 118 Å². The average molecular weight is 276 g/mol. The first-order chi connectivity index (χ1) is 9.63. The van der Waals surface area contributed by atoms with Crippen molar-refractivity contribution in [1.29, 1.82) is 0 Å². The molecule has 0 atom stereocenters. The average Bonchev–Trinajstić information content (AvgIpc) is 2.44. The van der Waals surface area contributed by atoms with Crippen molar-refractivity contribution in [3.63, 3.8) is 0 Å². The molecule has 4 N–H and O–H groups in total. The van der Waals surface area contributed by atoms with E-state index in [0.717, 1.165) is 18.4 Å². The zero-order chi connectivity index (χ0) is 14.8. The third kappa shape index (κ3) is 6.15. The molecule has 1 rings (SSSR count). The van der Waals surface area contributed by atoms with Crippen LogP contribution in [0.15, 0.2) is 30.3 Å². The van der Waals surface area contributed by atoms with Gasteiger partial charge in [0, 0.05) is 18.5 Å². The predicted molar refractivity (Wildman–Crippen MR) is 77.9 cm³/mol. The number of carbonyl (C=O) groups is 2. The second-order valence-corrected chi connectivity index (χ2v) is 4.37. The molecule has 0 bridgehead atoms. The molecule has 0 unspecified atom stereocenters. The number of nitrogens with two attached hydrogens (primary N) is 1. The minimum atomic E-state index is -0.291. The van der Waals surface area contributed by atoms with Crippen LogP contribution in [0.25, 0.3) is 6.08 Å². The number of hydrogen-bond donors (Lipinski definition) is 3. The minimum Gasteiger partial charge on any atom is -0.395 e. The zero-order valence-electron chi connectivity index (χ0n) is 11.3. The highest BCUT2D eigenvalue weighted by molar-refractivity contribution is 5.94. The van der Waals surface area contributed by atoms with Crippen LogP contribution < -0.4 is 11.1 Å². The number of rotatable bonds is 8. The number of unbranched alkanes of at least 4 members (excludes halogenated alkanes) is 1. The number of carbonyl (C=O) groups excluding carboxylic acids is 2. The SMILES string of the molecule is NC(=O)CCC/C=C\c1cccc(C(=O)NCCO)c1. The lowest BCUT2D eigenvalue weighted by Crippen LogP contribution is -2.26. The molecule has 0 aliphatic heterocycles. The van der Waals surface area contributed by atoms with Gasteiger partial charge in [-0.15, -0.1) is 0 Å². The number of amides is 2. The quantitative estimate of drug-likeness (QED) is 0.620. The number of hydrogen-bond acceptors (Lipinski definition) is 3. The van der Waals surface area contributed by atoms with Gasteiger partial charge in [0.1, 0.15) is 0 Å². The fraction of sp³-hybridized carbons (Fsp3) is 0.333. The van der Waals surface area contributed by atoms with Crippen molar-refractivity contribution in [2.24, 2.45) is 5.73 Å². The number of benzene rings is 1. The zero-order valence-corrected chi connectivity index (χ0v) is 11.3. The number of allylic oxidation sites excluding steroid dienone is 1. The van der Waals surface area contributed by atoms with Crippen molar-refractivity contribution < 1.29 is 14.7 Å². The smallest absolute Gasteiger partial charge is 0.251 e. The van der Waals surface area contributed by atoms with Gasteiger partial charge in [0.2, 0.25) is 5.91 Å². The molecule has 0 heterocycles. The van der Waals surface area contributed by atoms with Crippen molar-refractivity contribution in [3.8, 4) is 0 Å². The summed E-state index contributed by atoms with van der Waals surface area (Å²) in [5.41, 5.74) is 6.52. The van der Waals surface area contributed by atoms with Crippen LogP contribution in [0, 0.1) is 0 Å². The summed E-state index contributed by atoms with van der Waals surface area (Å²) < 4.78 is 0. The van der Waals surface area contributed by atoms with E-state index in [1.165, 1.54) is 0 Å². The Morgan fingerprint density at radius 2 is 2.15 bits per heavy atom. The maximum Gasteiger partial charge on any atom is 0.251 e. The summed E-state index contributed by atoms with van der Waals surface area (Å²) in [5.74, 6) is -0.496. The molecule has 5 nitrogen and oxygen atoms in total.